The predicted molar refractivity (Wildman–Crippen MR) is 86.8 cm³/mol. The molecule has 0 radical (unpaired) electrons. The molecule has 1 N–H and O–H groups in total. The van der Waals surface area contributed by atoms with E-state index in [1.165, 1.54) is 5.57 Å². The molecule has 4 rings (SSSR count). The minimum atomic E-state index is 0.0878. The first-order valence-corrected chi connectivity index (χ1v) is 8.03. The Morgan fingerprint density at radius 3 is 2.70 bits per heavy atom. The molecule has 1 amide bonds. The minimum absolute atomic E-state index is 0.0878. The summed E-state index contributed by atoms with van der Waals surface area (Å²) in [6.07, 6.45) is 5.55. The predicted octanol–water partition coefficient (Wildman–Crippen LogP) is 3.40. The van der Waals surface area contributed by atoms with Crippen LogP contribution in [0, 0.1) is 5.92 Å². The van der Waals surface area contributed by atoms with Gasteiger partial charge >= 0.3 is 0 Å². The molecule has 0 spiro atoms. The number of hydrogen-bond donors (Lipinski definition) is 1. The molecule has 1 aliphatic heterocycles. The zero-order valence-electron chi connectivity index (χ0n) is 12.8. The lowest BCUT2D eigenvalue weighted by Gasteiger charge is -2.27. The lowest BCUT2D eigenvalue weighted by molar-refractivity contribution is -0.132. The van der Waals surface area contributed by atoms with E-state index in [9.17, 15) is 9.90 Å². The summed E-state index contributed by atoms with van der Waals surface area (Å²) in [5.41, 5.74) is 2.36. The lowest BCUT2D eigenvalue weighted by atomic mass is 9.99. The number of phenols is 1. The largest absolute Gasteiger partial charge is 0.508 e. The fraction of sp³-hybridized carbons (Fsp3) is 0.316. The lowest BCUT2D eigenvalue weighted by Crippen LogP contribution is -2.36. The van der Waals surface area contributed by atoms with E-state index < -0.39 is 0 Å². The monoisotopic (exact) mass is 309 g/mol. The van der Waals surface area contributed by atoms with Crippen molar-refractivity contribution in [1.82, 2.24) is 4.90 Å². The van der Waals surface area contributed by atoms with E-state index >= 15 is 0 Å². The van der Waals surface area contributed by atoms with Crippen LogP contribution in [-0.2, 0) is 4.79 Å². The van der Waals surface area contributed by atoms with Crippen LogP contribution < -0.4 is 0 Å². The van der Waals surface area contributed by atoms with E-state index in [4.69, 9.17) is 4.42 Å². The molecule has 2 aliphatic rings. The Kier molecular flexibility index (Phi) is 3.45. The number of furan rings is 1. The Morgan fingerprint density at radius 2 is 2.04 bits per heavy atom. The Hall–Kier alpha value is -2.49. The van der Waals surface area contributed by atoms with Crippen molar-refractivity contribution < 1.29 is 14.3 Å². The molecule has 4 nitrogen and oxygen atoms in total. The second kappa shape index (κ2) is 5.61. The summed E-state index contributed by atoms with van der Waals surface area (Å²) < 4.78 is 5.41. The van der Waals surface area contributed by atoms with Crippen LogP contribution in [0.25, 0.3) is 5.57 Å². The number of rotatable bonds is 3. The van der Waals surface area contributed by atoms with Crippen LogP contribution in [0.4, 0.5) is 0 Å². The molecule has 0 bridgehead atoms. The molecule has 1 aliphatic carbocycles. The van der Waals surface area contributed by atoms with Gasteiger partial charge in [-0.3, -0.25) is 4.79 Å². The normalized spacial score (nSPS) is 23.5. The topological polar surface area (TPSA) is 53.7 Å². The van der Waals surface area contributed by atoms with Crippen molar-refractivity contribution in [2.75, 3.05) is 13.1 Å². The van der Waals surface area contributed by atoms with Crippen molar-refractivity contribution >= 4 is 11.5 Å². The number of hydrogen-bond acceptors (Lipinski definition) is 3. The average Bonchev–Trinajstić information content (AvgIpc) is 3.20. The van der Waals surface area contributed by atoms with Gasteiger partial charge in [-0.25, -0.2) is 0 Å². The van der Waals surface area contributed by atoms with Crippen LogP contribution in [0.15, 0.2) is 53.2 Å². The van der Waals surface area contributed by atoms with Crippen molar-refractivity contribution in [2.24, 2.45) is 5.92 Å². The first-order valence-electron chi connectivity index (χ1n) is 8.03. The van der Waals surface area contributed by atoms with E-state index in [0.29, 0.717) is 6.54 Å². The standard InChI is InChI=1S/C19H19NO3/c21-15-5-3-13(4-6-15)14-7-9-20(10-8-14)19(22)17-12-16(17)18-2-1-11-23-18/h1-7,11,16-17,21H,8-10,12H2/t16-,17-/m1/s1. The number of benzene rings is 1. The van der Waals surface area contributed by atoms with E-state index in [1.54, 1.807) is 18.4 Å². The van der Waals surface area contributed by atoms with Crippen molar-refractivity contribution in [3.63, 3.8) is 0 Å². The zero-order chi connectivity index (χ0) is 15.8. The van der Waals surface area contributed by atoms with Gasteiger partial charge in [0.25, 0.3) is 0 Å². The van der Waals surface area contributed by atoms with Gasteiger partial charge in [0.1, 0.15) is 11.5 Å². The fourth-order valence-corrected chi connectivity index (χ4v) is 3.33. The van der Waals surface area contributed by atoms with Gasteiger partial charge in [0, 0.05) is 24.9 Å². The zero-order valence-corrected chi connectivity index (χ0v) is 12.8. The minimum Gasteiger partial charge on any atom is -0.508 e. The fourth-order valence-electron chi connectivity index (χ4n) is 3.33. The van der Waals surface area contributed by atoms with E-state index in [1.807, 2.05) is 29.2 Å². The summed E-state index contributed by atoms with van der Waals surface area (Å²) in [5, 5.41) is 9.36. The van der Waals surface area contributed by atoms with Gasteiger partial charge in [0.15, 0.2) is 0 Å². The third-order valence-corrected chi connectivity index (χ3v) is 4.78. The maximum absolute atomic E-state index is 12.6. The third-order valence-electron chi connectivity index (χ3n) is 4.78. The maximum Gasteiger partial charge on any atom is 0.226 e. The second-order valence-corrected chi connectivity index (χ2v) is 6.27. The summed E-state index contributed by atoms with van der Waals surface area (Å²) in [7, 11) is 0. The third kappa shape index (κ3) is 2.77. The Balaban J connectivity index is 1.39. The Morgan fingerprint density at radius 1 is 1.22 bits per heavy atom. The number of aromatic hydroxyl groups is 1. The molecule has 4 heteroatoms. The Bertz CT molecular complexity index is 730. The van der Waals surface area contributed by atoms with Crippen molar-refractivity contribution in [1.29, 1.82) is 0 Å². The maximum atomic E-state index is 12.6. The first kappa shape index (κ1) is 14.1. The summed E-state index contributed by atoms with van der Waals surface area (Å²) in [4.78, 5) is 14.5. The van der Waals surface area contributed by atoms with Crippen LogP contribution in [-0.4, -0.2) is 29.0 Å². The van der Waals surface area contributed by atoms with E-state index in [0.717, 1.165) is 30.7 Å². The van der Waals surface area contributed by atoms with Gasteiger partial charge in [-0.1, -0.05) is 18.2 Å². The van der Waals surface area contributed by atoms with Crippen molar-refractivity contribution in [3.8, 4) is 5.75 Å². The van der Waals surface area contributed by atoms with Crippen molar-refractivity contribution in [3.05, 3.63) is 60.1 Å². The van der Waals surface area contributed by atoms with Crippen LogP contribution in [0.5, 0.6) is 5.75 Å². The van der Waals surface area contributed by atoms with Gasteiger partial charge < -0.3 is 14.4 Å². The van der Waals surface area contributed by atoms with Crippen LogP contribution >= 0.6 is 0 Å². The number of carbonyl (C=O) groups is 1. The molecule has 118 valence electrons. The van der Waals surface area contributed by atoms with E-state index in [-0.39, 0.29) is 23.5 Å². The van der Waals surface area contributed by atoms with Gasteiger partial charge in [0.05, 0.1) is 6.26 Å². The second-order valence-electron chi connectivity index (χ2n) is 6.27. The van der Waals surface area contributed by atoms with Gasteiger partial charge in [-0.2, -0.15) is 0 Å². The Labute approximate surface area is 135 Å². The van der Waals surface area contributed by atoms with E-state index in [2.05, 4.69) is 6.08 Å². The van der Waals surface area contributed by atoms with Gasteiger partial charge in [0.2, 0.25) is 5.91 Å². The highest BCUT2D eigenvalue weighted by molar-refractivity contribution is 5.84. The molecule has 2 atom stereocenters. The first-order chi connectivity index (χ1) is 11.2. The van der Waals surface area contributed by atoms with Crippen LogP contribution in [0.1, 0.15) is 30.1 Å². The molecule has 2 aromatic rings. The number of carbonyl (C=O) groups excluding carboxylic acids is 1. The molecule has 1 saturated carbocycles. The van der Waals surface area contributed by atoms with Crippen molar-refractivity contribution in [2.45, 2.75) is 18.8 Å². The number of amides is 1. The number of phenolic OH excluding ortho intramolecular Hbond substituents is 1. The molecule has 1 aromatic carbocycles. The molecular weight excluding hydrogens is 290 g/mol. The highest BCUT2D eigenvalue weighted by Gasteiger charge is 2.47. The summed E-state index contributed by atoms with van der Waals surface area (Å²) in [5.74, 6) is 1.80. The molecule has 1 aromatic heterocycles. The summed E-state index contributed by atoms with van der Waals surface area (Å²) >= 11 is 0. The average molecular weight is 309 g/mol. The van der Waals surface area contributed by atoms with Crippen LogP contribution in [0.3, 0.4) is 0 Å². The summed E-state index contributed by atoms with van der Waals surface area (Å²) in [6, 6.07) is 11.1. The number of nitrogens with zero attached hydrogens (tertiary/aromatic N) is 1. The molecule has 1 fully saturated rings. The van der Waals surface area contributed by atoms with Gasteiger partial charge in [-0.05, 0) is 48.2 Å². The van der Waals surface area contributed by atoms with Gasteiger partial charge in [-0.15, -0.1) is 0 Å². The highest BCUT2D eigenvalue weighted by atomic mass is 16.3. The quantitative estimate of drug-likeness (QED) is 0.945. The van der Waals surface area contributed by atoms with Crippen LogP contribution in [0.2, 0.25) is 0 Å². The smallest absolute Gasteiger partial charge is 0.226 e. The summed E-state index contributed by atoms with van der Waals surface area (Å²) in [6.45, 7) is 1.42. The molecule has 0 saturated heterocycles. The molecular formula is C19H19NO3. The highest BCUT2D eigenvalue weighted by Crippen LogP contribution is 2.48. The SMILES string of the molecule is O=C([C@@H]1C[C@H]1c1ccco1)N1CC=C(c2ccc(O)cc2)CC1. The molecule has 0 unspecified atom stereocenters. The molecule has 23 heavy (non-hydrogen) atoms. The molecule has 2 heterocycles.